The van der Waals surface area contributed by atoms with Crippen LogP contribution in [0.4, 0.5) is 0 Å². The SMILES string of the molecule is COc1ccc(C2=COC3CC(OC)CC(O)C3C2=O)cc1. The van der Waals surface area contributed by atoms with Gasteiger partial charge in [0.1, 0.15) is 11.9 Å². The summed E-state index contributed by atoms with van der Waals surface area (Å²) >= 11 is 0. The molecule has 3 rings (SSSR count). The molecule has 0 bridgehead atoms. The number of ketones is 1. The van der Waals surface area contributed by atoms with Crippen molar-refractivity contribution in [2.45, 2.75) is 31.2 Å². The largest absolute Gasteiger partial charge is 0.497 e. The van der Waals surface area contributed by atoms with Crippen molar-refractivity contribution >= 4 is 11.4 Å². The second-order valence-corrected chi connectivity index (χ2v) is 5.72. The Hall–Kier alpha value is -1.85. The zero-order valence-corrected chi connectivity index (χ0v) is 12.7. The second-order valence-electron chi connectivity index (χ2n) is 5.72. The molecular formula is C17H20O5. The van der Waals surface area contributed by atoms with Gasteiger partial charge in [-0.05, 0) is 17.7 Å². The summed E-state index contributed by atoms with van der Waals surface area (Å²) in [6.07, 6.45) is 1.47. The molecule has 0 aromatic heterocycles. The Balaban J connectivity index is 1.85. The quantitative estimate of drug-likeness (QED) is 0.922. The van der Waals surface area contributed by atoms with E-state index in [0.717, 1.165) is 11.3 Å². The Morgan fingerprint density at radius 1 is 1.18 bits per heavy atom. The molecule has 1 N–H and O–H groups in total. The first-order valence-corrected chi connectivity index (χ1v) is 7.39. The maximum atomic E-state index is 12.7. The first kappa shape index (κ1) is 15.1. The number of allylic oxidation sites excluding steroid dienone is 1. The Morgan fingerprint density at radius 3 is 2.55 bits per heavy atom. The molecule has 5 nitrogen and oxygen atoms in total. The molecule has 2 aliphatic rings. The van der Waals surface area contributed by atoms with Gasteiger partial charge in [-0.15, -0.1) is 0 Å². The van der Waals surface area contributed by atoms with Crippen LogP contribution < -0.4 is 4.74 Å². The predicted molar refractivity (Wildman–Crippen MR) is 80.4 cm³/mol. The van der Waals surface area contributed by atoms with Gasteiger partial charge in [-0.3, -0.25) is 4.79 Å². The van der Waals surface area contributed by atoms with Crippen LogP contribution in [0.2, 0.25) is 0 Å². The molecule has 1 aromatic rings. The molecule has 1 aromatic carbocycles. The van der Waals surface area contributed by atoms with Crippen LogP contribution in [0.1, 0.15) is 18.4 Å². The topological polar surface area (TPSA) is 65.0 Å². The fourth-order valence-corrected chi connectivity index (χ4v) is 3.22. The molecule has 1 fully saturated rings. The van der Waals surface area contributed by atoms with Crippen molar-refractivity contribution in [3.8, 4) is 5.75 Å². The molecule has 1 heterocycles. The fourth-order valence-electron chi connectivity index (χ4n) is 3.22. The summed E-state index contributed by atoms with van der Waals surface area (Å²) in [7, 11) is 3.21. The van der Waals surface area contributed by atoms with E-state index >= 15 is 0 Å². The lowest BCUT2D eigenvalue weighted by molar-refractivity contribution is -0.139. The lowest BCUT2D eigenvalue weighted by Crippen LogP contribution is -2.49. The van der Waals surface area contributed by atoms with E-state index in [1.807, 2.05) is 12.1 Å². The van der Waals surface area contributed by atoms with Gasteiger partial charge in [0.05, 0.1) is 37.1 Å². The zero-order valence-electron chi connectivity index (χ0n) is 12.7. The number of aliphatic hydroxyl groups excluding tert-OH is 1. The summed E-state index contributed by atoms with van der Waals surface area (Å²) < 4.78 is 16.1. The zero-order chi connectivity index (χ0) is 15.7. The Kier molecular flexibility index (Phi) is 4.18. The summed E-state index contributed by atoms with van der Waals surface area (Å²) in [5, 5.41) is 10.3. The number of fused-ring (bicyclic) bond motifs is 1. The molecule has 0 spiro atoms. The Labute approximate surface area is 129 Å². The van der Waals surface area contributed by atoms with Crippen LogP contribution in [-0.4, -0.2) is 43.4 Å². The lowest BCUT2D eigenvalue weighted by Gasteiger charge is -2.40. The first-order valence-electron chi connectivity index (χ1n) is 7.39. The van der Waals surface area contributed by atoms with Crippen molar-refractivity contribution in [1.29, 1.82) is 0 Å². The highest BCUT2D eigenvalue weighted by molar-refractivity contribution is 6.22. The smallest absolute Gasteiger partial charge is 0.175 e. The van der Waals surface area contributed by atoms with Crippen LogP contribution >= 0.6 is 0 Å². The van der Waals surface area contributed by atoms with Crippen LogP contribution in [0.3, 0.4) is 0 Å². The molecule has 118 valence electrons. The number of Topliss-reactive ketones (excluding diaryl/α,β-unsaturated/α-hetero) is 1. The van der Waals surface area contributed by atoms with Gasteiger partial charge in [-0.25, -0.2) is 0 Å². The number of benzene rings is 1. The summed E-state index contributed by atoms with van der Waals surface area (Å²) in [4.78, 5) is 12.7. The van der Waals surface area contributed by atoms with Crippen LogP contribution in [0.5, 0.6) is 5.75 Å². The van der Waals surface area contributed by atoms with E-state index in [0.29, 0.717) is 18.4 Å². The van der Waals surface area contributed by atoms with Gasteiger partial charge in [-0.2, -0.15) is 0 Å². The third-order valence-electron chi connectivity index (χ3n) is 4.48. The number of aliphatic hydroxyl groups is 1. The van der Waals surface area contributed by atoms with Crippen LogP contribution in [-0.2, 0) is 14.3 Å². The van der Waals surface area contributed by atoms with Crippen molar-refractivity contribution in [1.82, 2.24) is 0 Å². The van der Waals surface area contributed by atoms with Crippen LogP contribution in [0.25, 0.3) is 5.57 Å². The summed E-state index contributed by atoms with van der Waals surface area (Å²) in [5.41, 5.74) is 1.27. The number of hydrogen-bond donors (Lipinski definition) is 1. The average molecular weight is 304 g/mol. The van der Waals surface area contributed by atoms with Gasteiger partial charge in [0.2, 0.25) is 0 Å². The minimum atomic E-state index is -0.738. The van der Waals surface area contributed by atoms with E-state index in [-0.39, 0.29) is 18.0 Å². The maximum absolute atomic E-state index is 12.7. The van der Waals surface area contributed by atoms with Gasteiger partial charge in [-0.1, -0.05) is 12.1 Å². The molecule has 0 radical (unpaired) electrons. The molecule has 22 heavy (non-hydrogen) atoms. The second kappa shape index (κ2) is 6.10. The molecule has 4 atom stereocenters. The van der Waals surface area contributed by atoms with Gasteiger partial charge >= 0.3 is 0 Å². The predicted octanol–water partition coefficient (Wildman–Crippen LogP) is 1.79. The van der Waals surface area contributed by atoms with Crippen LogP contribution in [0, 0.1) is 5.92 Å². The first-order chi connectivity index (χ1) is 10.6. The standard InChI is InChI=1S/C17H20O5/c1-20-11-5-3-10(4-6-11)13-9-22-15-8-12(21-2)7-14(18)16(15)17(13)19/h3-6,9,12,14-16,18H,7-8H2,1-2H3. The summed E-state index contributed by atoms with van der Waals surface area (Å²) in [6.45, 7) is 0. The molecule has 1 saturated carbocycles. The Bertz CT molecular complexity index is 577. The number of carbonyl (C=O) groups is 1. The van der Waals surface area contributed by atoms with Gasteiger partial charge < -0.3 is 19.3 Å². The molecule has 0 saturated heterocycles. The average Bonchev–Trinajstić information content (AvgIpc) is 2.55. The van der Waals surface area contributed by atoms with Gasteiger partial charge in [0.15, 0.2) is 5.78 Å². The van der Waals surface area contributed by atoms with Crippen molar-refractivity contribution in [3.63, 3.8) is 0 Å². The number of ether oxygens (including phenoxy) is 3. The molecule has 4 unspecified atom stereocenters. The van der Waals surface area contributed by atoms with Gasteiger partial charge in [0, 0.05) is 20.0 Å². The van der Waals surface area contributed by atoms with E-state index in [1.165, 1.54) is 6.26 Å². The highest BCUT2D eigenvalue weighted by Crippen LogP contribution is 2.37. The molecule has 1 aliphatic heterocycles. The highest BCUT2D eigenvalue weighted by Gasteiger charge is 2.45. The van der Waals surface area contributed by atoms with E-state index in [4.69, 9.17) is 14.2 Å². The lowest BCUT2D eigenvalue weighted by atomic mass is 9.76. The molecule has 0 amide bonds. The summed E-state index contributed by atoms with van der Waals surface area (Å²) in [6, 6.07) is 7.24. The number of hydrogen-bond acceptors (Lipinski definition) is 5. The third kappa shape index (κ3) is 2.62. The minimum absolute atomic E-state index is 0.0662. The molecule has 5 heteroatoms. The number of carbonyl (C=O) groups excluding carboxylic acids is 1. The van der Waals surface area contributed by atoms with E-state index in [9.17, 15) is 9.90 Å². The summed E-state index contributed by atoms with van der Waals surface area (Å²) in [5.74, 6) is 0.143. The highest BCUT2D eigenvalue weighted by atomic mass is 16.5. The van der Waals surface area contributed by atoms with Gasteiger partial charge in [0.25, 0.3) is 0 Å². The number of rotatable bonds is 3. The minimum Gasteiger partial charge on any atom is -0.497 e. The molecular weight excluding hydrogens is 284 g/mol. The normalized spacial score (nSPS) is 31.0. The van der Waals surface area contributed by atoms with Crippen molar-refractivity contribution in [2.75, 3.05) is 14.2 Å². The van der Waals surface area contributed by atoms with E-state index < -0.39 is 12.0 Å². The van der Waals surface area contributed by atoms with E-state index in [1.54, 1.807) is 26.4 Å². The van der Waals surface area contributed by atoms with Crippen molar-refractivity contribution < 1.29 is 24.1 Å². The maximum Gasteiger partial charge on any atom is 0.175 e. The van der Waals surface area contributed by atoms with Crippen LogP contribution in [0.15, 0.2) is 30.5 Å². The Morgan fingerprint density at radius 2 is 1.91 bits per heavy atom. The van der Waals surface area contributed by atoms with Crippen molar-refractivity contribution in [3.05, 3.63) is 36.1 Å². The monoisotopic (exact) mass is 304 g/mol. The third-order valence-corrected chi connectivity index (χ3v) is 4.48. The van der Waals surface area contributed by atoms with E-state index in [2.05, 4.69) is 0 Å². The number of methoxy groups -OCH3 is 2. The fraction of sp³-hybridized carbons (Fsp3) is 0.471. The van der Waals surface area contributed by atoms with Crippen molar-refractivity contribution in [2.24, 2.45) is 5.92 Å². The molecule has 1 aliphatic carbocycles.